The highest BCUT2D eigenvalue weighted by Crippen LogP contribution is 2.25. The number of nitrogens with zero attached hydrogens (tertiary/aromatic N) is 1. The fourth-order valence-electron chi connectivity index (χ4n) is 3.08. The largest absolute Gasteiger partial charge is 0.506 e. The Hall–Kier alpha value is -2.87. The number of aryl methyl sites for hydroxylation is 1. The molecule has 0 bridgehead atoms. The molecule has 1 aromatic heterocycles. The van der Waals surface area contributed by atoms with E-state index in [1.807, 2.05) is 13.8 Å². The summed E-state index contributed by atoms with van der Waals surface area (Å²) in [4.78, 5) is 38.7. The van der Waals surface area contributed by atoms with Crippen LogP contribution in [0, 0.1) is 18.3 Å². The molecule has 3 N–H and O–H groups in total. The Bertz CT molecular complexity index is 994. The van der Waals surface area contributed by atoms with Crippen LogP contribution in [0.25, 0.3) is 0 Å². The van der Waals surface area contributed by atoms with Crippen LogP contribution in [0.2, 0.25) is 5.02 Å². The molecule has 2 amide bonds. The summed E-state index contributed by atoms with van der Waals surface area (Å²) in [5.41, 5.74) is 0.00647. The average molecular weight is 464 g/mol. The van der Waals surface area contributed by atoms with Gasteiger partial charge in [0.2, 0.25) is 5.91 Å². The Balaban J connectivity index is 2.30. The number of carbonyl (C=O) groups excluding carboxylic acids is 3. The van der Waals surface area contributed by atoms with Crippen LogP contribution < -0.4 is 10.6 Å². The van der Waals surface area contributed by atoms with Crippen molar-refractivity contribution in [2.75, 3.05) is 0 Å². The molecule has 0 aliphatic heterocycles. The van der Waals surface area contributed by atoms with Crippen LogP contribution in [-0.2, 0) is 16.0 Å². The molecule has 0 unspecified atom stereocenters. The van der Waals surface area contributed by atoms with Crippen molar-refractivity contribution in [1.82, 2.24) is 15.8 Å². The Morgan fingerprint density at radius 3 is 2.31 bits per heavy atom. The van der Waals surface area contributed by atoms with Crippen LogP contribution in [0.4, 0.5) is 0 Å². The Kier molecular flexibility index (Phi) is 8.07. The van der Waals surface area contributed by atoms with Gasteiger partial charge in [0.1, 0.15) is 17.6 Å². The third-order valence-electron chi connectivity index (χ3n) is 4.92. The third-order valence-corrected chi connectivity index (χ3v) is 5.22. The molecule has 32 heavy (non-hydrogen) atoms. The second kappa shape index (κ2) is 10.2. The second-order valence-corrected chi connectivity index (χ2v) is 9.59. The number of hydrogen-bond acceptors (Lipinski definition) is 6. The number of benzene rings is 1. The second-order valence-electron chi connectivity index (χ2n) is 9.18. The summed E-state index contributed by atoms with van der Waals surface area (Å²) in [6, 6.07) is 4.25. The standard InChI is InChI=1S/C23H30ClN3O5/c1-12(2)19(20(29)23(4,5)6)26-21(30)16(11-14-7-8-18(28)15(24)10-14)25-22(31)17-9-13(3)32-27-17/h7-10,12,16,19,28H,11H2,1-6H3,(H,25,31)(H,26,30)/t16-,19-/m0/s1. The molecule has 8 nitrogen and oxygen atoms in total. The Morgan fingerprint density at radius 1 is 1.16 bits per heavy atom. The lowest BCUT2D eigenvalue weighted by Gasteiger charge is -2.29. The highest BCUT2D eigenvalue weighted by Gasteiger charge is 2.34. The van der Waals surface area contributed by atoms with E-state index in [-0.39, 0.29) is 34.6 Å². The van der Waals surface area contributed by atoms with Crippen molar-refractivity contribution in [3.05, 3.63) is 46.3 Å². The van der Waals surface area contributed by atoms with Crippen molar-refractivity contribution < 1.29 is 24.0 Å². The summed E-state index contributed by atoms with van der Waals surface area (Å²) in [5.74, 6) is -0.991. The van der Waals surface area contributed by atoms with Gasteiger partial charge in [0.05, 0.1) is 11.1 Å². The predicted octanol–water partition coefficient (Wildman–Crippen LogP) is 3.44. The van der Waals surface area contributed by atoms with Crippen molar-refractivity contribution in [3.8, 4) is 5.75 Å². The number of rotatable bonds is 8. The van der Waals surface area contributed by atoms with Gasteiger partial charge in [-0.1, -0.05) is 57.4 Å². The van der Waals surface area contributed by atoms with E-state index in [0.29, 0.717) is 11.3 Å². The van der Waals surface area contributed by atoms with Gasteiger partial charge in [-0.05, 0) is 30.5 Å². The fraction of sp³-hybridized carbons (Fsp3) is 0.478. The van der Waals surface area contributed by atoms with Gasteiger partial charge in [-0.25, -0.2) is 0 Å². The number of carbonyl (C=O) groups is 3. The summed E-state index contributed by atoms with van der Waals surface area (Å²) < 4.78 is 4.94. The SMILES string of the molecule is Cc1cc(C(=O)N[C@@H](Cc2ccc(O)c(Cl)c2)C(=O)N[C@H](C(=O)C(C)(C)C)C(C)C)no1. The lowest BCUT2D eigenvalue weighted by molar-refractivity contribution is -0.134. The molecule has 1 heterocycles. The normalized spacial score (nSPS) is 13.5. The summed E-state index contributed by atoms with van der Waals surface area (Å²) >= 11 is 5.99. The van der Waals surface area contributed by atoms with Gasteiger partial charge >= 0.3 is 0 Å². The Morgan fingerprint density at radius 2 is 1.81 bits per heavy atom. The molecule has 0 saturated carbocycles. The van der Waals surface area contributed by atoms with Crippen LogP contribution in [-0.4, -0.2) is 39.9 Å². The number of ketones is 1. The molecule has 174 valence electrons. The number of hydrogen-bond donors (Lipinski definition) is 3. The zero-order chi connectivity index (χ0) is 24.2. The van der Waals surface area contributed by atoms with E-state index in [1.54, 1.807) is 33.8 Å². The average Bonchev–Trinajstić information content (AvgIpc) is 3.13. The van der Waals surface area contributed by atoms with Crippen LogP contribution in [0.15, 0.2) is 28.8 Å². The molecule has 0 aliphatic rings. The maximum Gasteiger partial charge on any atom is 0.274 e. The van der Waals surface area contributed by atoms with Gasteiger partial charge in [-0.3, -0.25) is 14.4 Å². The minimum atomic E-state index is -1.02. The smallest absolute Gasteiger partial charge is 0.274 e. The van der Waals surface area contributed by atoms with Gasteiger partial charge in [0, 0.05) is 17.9 Å². The van der Waals surface area contributed by atoms with Gasteiger partial charge in [-0.2, -0.15) is 0 Å². The molecule has 2 rings (SSSR count). The first kappa shape index (κ1) is 25.4. The number of phenolic OH excluding ortho intramolecular Hbond substituents is 1. The quantitative estimate of drug-likeness (QED) is 0.551. The molecule has 2 aromatic rings. The Labute approximate surface area is 192 Å². The third kappa shape index (κ3) is 6.56. The molecule has 2 atom stereocenters. The number of Topliss-reactive ketones (excluding diaryl/α,β-unsaturated/α-hetero) is 1. The lowest BCUT2D eigenvalue weighted by Crippen LogP contribution is -2.55. The van der Waals surface area contributed by atoms with Gasteiger partial charge < -0.3 is 20.3 Å². The molecular weight excluding hydrogens is 434 g/mol. The van der Waals surface area contributed by atoms with Crippen molar-refractivity contribution in [2.45, 2.75) is 60.0 Å². The van der Waals surface area contributed by atoms with Crippen LogP contribution in [0.1, 0.15) is 56.4 Å². The summed E-state index contributed by atoms with van der Waals surface area (Å²) in [7, 11) is 0. The topological polar surface area (TPSA) is 122 Å². The number of aromatic hydroxyl groups is 1. The van der Waals surface area contributed by atoms with Crippen molar-refractivity contribution in [2.24, 2.45) is 11.3 Å². The summed E-state index contributed by atoms with van der Waals surface area (Å²) in [5, 5.41) is 18.9. The molecule has 1 aromatic carbocycles. The van der Waals surface area contributed by atoms with Crippen LogP contribution in [0.5, 0.6) is 5.75 Å². The van der Waals surface area contributed by atoms with E-state index in [2.05, 4.69) is 15.8 Å². The number of phenols is 1. The first-order chi connectivity index (χ1) is 14.8. The zero-order valence-corrected chi connectivity index (χ0v) is 19.9. The van der Waals surface area contributed by atoms with Crippen LogP contribution in [0.3, 0.4) is 0 Å². The van der Waals surface area contributed by atoms with E-state index in [9.17, 15) is 19.5 Å². The molecular formula is C23H30ClN3O5. The number of aromatic nitrogens is 1. The maximum absolute atomic E-state index is 13.2. The molecule has 0 saturated heterocycles. The first-order valence-corrected chi connectivity index (χ1v) is 10.7. The molecule has 9 heteroatoms. The highest BCUT2D eigenvalue weighted by atomic mass is 35.5. The van der Waals surface area contributed by atoms with Crippen molar-refractivity contribution >= 4 is 29.2 Å². The van der Waals surface area contributed by atoms with E-state index >= 15 is 0 Å². The molecule has 0 fully saturated rings. The van der Waals surface area contributed by atoms with Gasteiger partial charge in [-0.15, -0.1) is 0 Å². The minimum Gasteiger partial charge on any atom is -0.506 e. The fourth-order valence-corrected chi connectivity index (χ4v) is 3.29. The number of nitrogens with one attached hydrogen (secondary N) is 2. The minimum absolute atomic E-state index is 0.0372. The number of halogens is 1. The summed E-state index contributed by atoms with van der Waals surface area (Å²) in [6.07, 6.45) is 0.0862. The molecule has 0 radical (unpaired) electrons. The van der Waals surface area contributed by atoms with E-state index in [1.165, 1.54) is 18.2 Å². The highest BCUT2D eigenvalue weighted by molar-refractivity contribution is 6.32. The van der Waals surface area contributed by atoms with Gasteiger partial charge in [0.25, 0.3) is 5.91 Å². The molecule has 0 aliphatic carbocycles. The van der Waals surface area contributed by atoms with Gasteiger partial charge in [0.15, 0.2) is 11.5 Å². The van der Waals surface area contributed by atoms with Crippen LogP contribution >= 0.6 is 11.6 Å². The first-order valence-electron chi connectivity index (χ1n) is 10.4. The van der Waals surface area contributed by atoms with E-state index < -0.39 is 29.3 Å². The van der Waals surface area contributed by atoms with Crippen molar-refractivity contribution in [3.63, 3.8) is 0 Å². The maximum atomic E-state index is 13.2. The zero-order valence-electron chi connectivity index (χ0n) is 19.2. The van der Waals surface area contributed by atoms with E-state index in [4.69, 9.17) is 16.1 Å². The monoisotopic (exact) mass is 463 g/mol. The summed E-state index contributed by atoms with van der Waals surface area (Å²) in [6.45, 7) is 10.7. The molecule has 0 spiro atoms. The van der Waals surface area contributed by atoms with Crippen molar-refractivity contribution in [1.29, 1.82) is 0 Å². The van der Waals surface area contributed by atoms with E-state index in [0.717, 1.165) is 0 Å². The predicted molar refractivity (Wildman–Crippen MR) is 121 cm³/mol. The lowest BCUT2D eigenvalue weighted by atomic mass is 9.82. The number of amides is 2.